The monoisotopic (exact) mass is 371 g/mol. The number of carbonyl (C=O) groups is 2. The Hall–Kier alpha value is -3.23. The summed E-state index contributed by atoms with van der Waals surface area (Å²) in [6.07, 6.45) is 0.308. The van der Waals surface area contributed by atoms with Crippen molar-refractivity contribution in [1.29, 1.82) is 0 Å². The fraction of sp³-hybridized carbons (Fsp3) is 0.0588. The van der Waals surface area contributed by atoms with Crippen LogP contribution >= 0.6 is 0 Å². The van der Waals surface area contributed by atoms with E-state index in [4.69, 9.17) is 0 Å². The van der Waals surface area contributed by atoms with Crippen LogP contribution in [0.2, 0.25) is 0 Å². The van der Waals surface area contributed by atoms with Crippen molar-refractivity contribution in [2.75, 3.05) is 7.11 Å². The Balaban J connectivity index is 2.52. The topological polar surface area (TPSA) is 55.4 Å². The fourth-order valence-electron chi connectivity index (χ4n) is 1.93. The molecule has 0 heterocycles. The Morgan fingerprint density at radius 3 is 1.88 bits per heavy atom. The van der Waals surface area contributed by atoms with Gasteiger partial charge in [0, 0.05) is 5.56 Å². The lowest BCUT2D eigenvalue weighted by Gasteiger charge is -2.10. The Kier molecular flexibility index (Phi) is 5.71. The first kappa shape index (κ1) is 19.1. The number of benzene rings is 2. The van der Waals surface area contributed by atoms with E-state index in [9.17, 15) is 31.5 Å². The van der Waals surface area contributed by atoms with Gasteiger partial charge in [-0.25, -0.2) is 26.7 Å². The first-order chi connectivity index (χ1) is 12.3. The molecule has 0 aromatic heterocycles. The summed E-state index contributed by atoms with van der Waals surface area (Å²) >= 11 is 0. The molecule has 0 unspecified atom stereocenters. The fourth-order valence-corrected chi connectivity index (χ4v) is 1.93. The first-order valence-corrected chi connectivity index (χ1v) is 6.95. The lowest BCUT2D eigenvalue weighted by Crippen LogP contribution is -2.28. The predicted octanol–water partition coefficient (Wildman–Crippen LogP) is 3.33. The molecule has 0 spiro atoms. The number of nitrogens with one attached hydrogen (secondary N) is 1. The van der Waals surface area contributed by atoms with E-state index in [0.717, 1.165) is 7.11 Å². The zero-order chi connectivity index (χ0) is 19.4. The van der Waals surface area contributed by atoms with Gasteiger partial charge in [-0.1, -0.05) is 18.2 Å². The van der Waals surface area contributed by atoms with Crippen LogP contribution in [0.5, 0.6) is 0 Å². The van der Waals surface area contributed by atoms with Gasteiger partial charge in [0.1, 0.15) is 5.70 Å². The molecule has 0 fully saturated rings. The number of amides is 1. The van der Waals surface area contributed by atoms with E-state index in [1.54, 1.807) is 6.07 Å². The number of halogens is 5. The molecule has 26 heavy (non-hydrogen) atoms. The second kappa shape index (κ2) is 7.77. The third-order valence-corrected chi connectivity index (χ3v) is 3.22. The standard InChI is InChI=1S/C17H10F5NO3/c1-26-17(25)10(23-16(24)8-5-3-2-4-6-8)7-9-11(18)13(20)15(22)14(21)12(9)19/h2-7H,1H3,(H,23,24)/b10-7+. The van der Waals surface area contributed by atoms with Crippen LogP contribution in [-0.4, -0.2) is 19.0 Å². The zero-order valence-corrected chi connectivity index (χ0v) is 13.1. The van der Waals surface area contributed by atoms with E-state index in [1.807, 2.05) is 5.32 Å². The summed E-state index contributed by atoms with van der Waals surface area (Å²) in [7, 11) is 0.906. The van der Waals surface area contributed by atoms with Crippen LogP contribution in [0.25, 0.3) is 6.08 Å². The summed E-state index contributed by atoms with van der Waals surface area (Å²) in [6.45, 7) is 0. The van der Waals surface area contributed by atoms with Gasteiger partial charge in [-0.2, -0.15) is 0 Å². The quantitative estimate of drug-likeness (QED) is 0.295. The summed E-state index contributed by atoms with van der Waals surface area (Å²) < 4.78 is 71.5. The Bertz CT molecular complexity index is 868. The Morgan fingerprint density at radius 2 is 1.38 bits per heavy atom. The van der Waals surface area contributed by atoms with Gasteiger partial charge in [-0.3, -0.25) is 4.79 Å². The Morgan fingerprint density at radius 1 is 0.885 bits per heavy atom. The molecule has 0 aliphatic carbocycles. The van der Waals surface area contributed by atoms with E-state index in [0.29, 0.717) is 6.08 Å². The van der Waals surface area contributed by atoms with Crippen molar-refractivity contribution in [3.63, 3.8) is 0 Å². The van der Waals surface area contributed by atoms with Crippen molar-refractivity contribution in [2.24, 2.45) is 0 Å². The van der Waals surface area contributed by atoms with Crippen molar-refractivity contribution in [2.45, 2.75) is 0 Å². The molecule has 2 rings (SSSR count). The maximum absolute atomic E-state index is 13.8. The van der Waals surface area contributed by atoms with Crippen LogP contribution in [0.3, 0.4) is 0 Å². The van der Waals surface area contributed by atoms with Gasteiger partial charge in [-0.05, 0) is 18.2 Å². The van der Waals surface area contributed by atoms with Gasteiger partial charge >= 0.3 is 5.97 Å². The third-order valence-electron chi connectivity index (χ3n) is 3.22. The molecule has 0 aliphatic rings. The normalized spacial score (nSPS) is 11.2. The smallest absolute Gasteiger partial charge is 0.354 e. The van der Waals surface area contributed by atoms with Crippen molar-refractivity contribution in [3.05, 3.63) is 76.2 Å². The molecule has 0 saturated carbocycles. The number of esters is 1. The Labute approximate surface area is 143 Å². The SMILES string of the molecule is COC(=O)/C(=C\c1c(F)c(F)c(F)c(F)c1F)NC(=O)c1ccccc1. The lowest BCUT2D eigenvalue weighted by atomic mass is 10.1. The molecule has 1 N–H and O–H groups in total. The van der Waals surface area contributed by atoms with E-state index in [2.05, 4.69) is 4.74 Å². The van der Waals surface area contributed by atoms with E-state index in [-0.39, 0.29) is 5.56 Å². The molecular formula is C17H10F5NO3. The summed E-state index contributed by atoms with van der Waals surface area (Å²) in [5.41, 5.74) is -2.13. The minimum atomic E-state index is -2.34. The molecule has 0 aliphatic heterocycles. The van der Waals surface area contributed by atoms with Gasteiger partial charge in [0.25, 0.3) is 5.91 Å². The number of rotatable bonds is 4. The van der Waals surface area contributed by atoms with Gasteiger partial charge in [0.05, 0.1) is 12.7 Å². The van der Waals surface area contributed by atoms with Crippen molar-refractivity contribution < 1.29 is 36.3 Å². The van der Waals surface area contributed by atoms with Crippen molar-refractivity contribution >= 4 is 18.0 Å². The highest BCUT2D eigenvalue weighted by atomic mass is 19.2. The molecule has 0 saturated heterocycles. The number of hydrogen-bond donors (Lipinski definition) is 1. The highest BCUT2D eigenvalue weighted by molar-refractivity contribution is 6.03. The van der Waals surface area contributed by atoms with Crippen molar-refractivity contribution in [3.8, 4) is 0 Å². The second-order valence-corrected chi connectivity index (χ2v) is 4.85. The minimum Gasteiger partial charge on any atom is -0.464 e. The van der Waals surface area contributed by atoms with Crippen molar-refractivity contribution in [1.82, 2.24) is 5.32 Å². The minimum absolute atomic E-state index is 0.0831. The molecule has 4 nitrogen and oxygen atoms in total. The summed E-state index contributed by atoms with van der Waals surface area (Å²) in [5.74, 6) is -13.1. The molecule has 0 atom stereocenters. The van der Waals surface area contributed by atoms with Gasteiger partial charge < -0.3 is 10.1 Å². The van der Waals surface area contributed by atoms with Gasteiger partial charge in [-0.15, -0.1) is 0 Å². The number of carbonyl (C=O) groups excluding carboxylic acids is 2. The number of hydrogen-bond acceptors (Lipinski definition) is 3. The molecular weight excluding hydrogens is 361 g/mol. The summed E-state index contributed by atoms with van der Waals surface area (Å²) in [4.78, 5) is 23.8. The maximum Gasteiger partial charge on any atom is 0.354 e. The number of methoxy groups -OCH3 is 1. The first-order valence-electron chi connectivity index (χ1n) is 6.95. The van der Waals surface area contributed by atoms with Gasteiger partial charge in [0.15, 0.2) is 23.3 Å². The maximum atomic E-state index is 13.8. The number of ether oxygens (including phenoxy) is 1. The largest absolute Gasteiger partial charge is 0.464 e. The van der Waals surface area contributed by atoms with Crippen LogP contribution in [0, 0.1) is 29.1 Å². The highest BCUT2D eigenvalue weighted by Gasteiger charge is 2.26. The molecule has 1 amide bonds. The van der Waals surface area contributed by atoms with Crippen LogP contribution in [0.1, 0.15) is 15.9 Å². The molecule has 0 bridgehead atoms. The molecule has 9 heteroatoms. The molecule has 0 radical (unpaired) electrons. The summed E-state index contributed by atoms with van der Waals surface area (Å²) in [6, 6.07) is 7.40. The molecule has 136 valence electrons. The average molecular weight is 371 g/mol. The molecule has 2 aromatic rings. The molecule has 2 aromatic carbocycles. The van der Waals surface area contributed by atoms with Crippen LogP contribution in [0.4, 0.5) is 22.0 Å². The average Bonchev–Trinajstić information content (AvgIpc) is 2.67. The van der Waals surface area contributed by atoms with Crippen LogP contribution in [0.15, 0.2) is 36.0 Å². The predicted molar refractivity (Wildman–Crippen MR) is 80.1 cm³/mol. The van der Waals surface area contributed by atoms with Gasteiger partial charge in [0.2, 0.25) is 5.82 Å². The summed E-state index contributed by atoms with van der Waals surface area (Å²) in [5, 5.41) is 2.02. The van der Waals surface area contributed by atoms with E-state index in [1.165, 1.54) is 24.3 Å². The third kappa shape index (κ3) is 3.71. The van der Waals surface area contributed by atoms with E-state index < -0.39 is 52.2 Å². The lowest BCUT2D eigenvalue weighted by molar-refractivity contribution is -0.136. The van der Waals surface area contributed by atoms with Crippen LogP contribution in [-0.2, 0) is 9.53 Å². The zero-order valence-electron chi connectivity index (χ0n) is 13.1. The second-order valence-electron chi connectivity index (χ2n) is 4.85. The van der Waals surface area contributed by atoms with Crippen LogP contribution < -0.4 is 5.32 Å². The van der Waals surface area contributed by atoms with E-state index >= 15 is 0 Å². The highest BCUT2D eigenvalue weighted by Crippen LogP contribution is 2.25.